The number of nitrogens with zero attached hydrogens (tertiary/aromatic N) is 1. The molecule has 0 aliphatic carbocycles. The summed E-state index contributed by atoms with van der Waals surface area (Å²) in [6.45, 7) is 6.36. The van der Waals surface area contributed by atoms with Gasteiger partial charge in [0.1, 0.15) is 0 Å². The van der Waals surface area contributed by atoms with Gasteiger partial charge in [-0.2, -0.15) is 12.6 Å². The predicted octanol–water partition coefficient (Wildman–Crippen LogP) is 3.71. The summed E-state index contributed by atoms with van der Waals surface area (Å²) in [5.74, 6) is 0. The minimum atomic E-state index is -0.0957. The van der Waals surface area contributed by atoms with Gasteiger partial charge in [-0.25, -0.2) is 0 Å². The molecule has 0 saturated carbocycles. The first-order chi connectivity index (χ1) is 6.98. The average molecular weight is 217 g/mol. The lowest BCUT2D eigenvalue weighted by molar-refractivity contribution is 0.785. The van der Waals surface area contributed by atoms with E-state index in [2.05, 4.69) is 50.5 Å². The molecule has 0 bridgehead atoms. The Labute approximate surface area is 95.9 Å². The highest BCUT2D eigenvalue weighted by molar-refractivity contribution is 7.81. The van der Waals surface area contributed by atoms with Crippen molar-refractivity contribution in [2.45, 2.75) is 25.5 Å². The molecule has 1 heterocycles. The van der Waals surface area contributed by atoms with Gasteiger partial charge in [-0.1, -0.05) is 0 Å². The van der Waals surface area contributed by atoms with Gasteiger partial charge in [-0.15, -0.1) is 0 Å². The Morgan fingerprint density at radius 2 is 1.93 bits per heavy atom. The molecular formula is C13H15NS. The topological polar surface area (TPSA) is 12.9 Å². The van der Waals surface area contributed by atoms with Crippen molar-refractivity contribution in [2.75, 3.05) is 0 Å². The molecule has 1 aromatic carbocycles. The standard InChI is InChI=1S/C13H15NS/c1-9-6-11-8-14-5-4-10(11)7-12(9)13(2,3)15/h4-8,15H,1-3H3. The third-order valence-corrected chi connectivity index (χ3v) is 2.88. The van der Waals surface area contributed by atoms with E-state index in [1.807, 2.05) is 18.5 Å². The normalized spacial score (nSPS) is 12.0. The molecule has 2 heteroatoms. The van der Waals surface area contributed by atoms with E-state index in [1.165, 1.54) is 21.9 Å². The first kappa shape index (κ1) is 10.5. The van der Waals surface area contributed by atoms with Gasteiger partial charge in [0.05, 0.1) is 0 Å². The van der Waals surface area contributed by atoms with E-state index in [1.54, 1.807) is 0 Å². The van der Waals surface area contributed by atoms with Crippen molar-refractivity contribution in [3.05, 3.63) is 41.7 Å². The molecular weight excluding hydrogens is 202 g/mol. The van der Waals surface area contributed by atoms with Crippen LogP contribution in [-0.2, 0) is 4.75 Å². The Bertz CT molecular complexity index is 497. The molecule has 2 aromatic rings. The van der Waals surface area contributed by atoms with Crippen LogP contribution in [0.15, 0.2) is 30.6 Å². The summed E-state index contributed by atoms with van der Waals surface area (Å²) in [6.07, 6.45) is 3.73. The zero-order valence-electron chi connectivity index (χ0n) is 9.28. The molecule has 0 radical (unpaired) electrons. The summed E-state index contributed by atoms with van der Waals surface area (Å²) in [5, 5.41) is 2.42. The second-order valence-corrected chi connectivity index (χ2v) is 5.57. The van der Waals surface area contributed by atoms with Gasteiger partial charge in [0.25, 0.3) is 0 Å². The maximum Gasteiger partial charge on any atom is 0.0346 e. The Kier molecular flexibility index (Phi) is 2.47. The van der Waals surface area contributed by atoms with E-state index in [0.717, 1.165) is 0 Å². The summed E-state index contributed by atoms with van der Waals surface area (Å²) in [5.41, 5.74) is 2.56. The lowest BCUT2D eigenvalue weighted by Crippen LogP contribution is -2.09. The number of benzene rings is 1. The van der Waals surface area contributed by atoms with Crippen LogP contribution in [0.4, 0.5) is 0 Å². The molecule has 1 aromatic heterocycles. The monoisotopic (exact) mass is 217 g/mol. The van der Waals surface area contributed by atoms with Crippen LogP contribution in [0, 0.1) is 6.92 Å². The van der Waals surface area contributed by atoms with Crippen molar-refractivity contribution in [1.29, 1.82) is 0 Å². The van der Waals surface area contributed by atoms with Crippen LogP contribution in [0.3, 0.4) is 0 Å². The zero-order valence-corrected chi connectivity index (χ0v) is 10.2. The summed E-state index contributed by atoms with van der Waals surface area (Å²) in [4.78, 5) is 4.13. The van der Waals surface area contributed by atoms with E-state index in [-0.39, 0.29) is 4.75 Å². The molecule has 0 amide bonds. The fraction of sp³-hybridized carbons (Fsp3) is 0.308. The zero-order chi connectivity index (χ0) is 11.1. The van der Waals surface area contributed by atoms with Crippen molar-refractivity contribution in [3.63, 3.8) is 0 Å². The molecule has 0 aliphatic heterocycles. The van der Waals surface area contributed by atoms with Crippen LogP contribution in [0.2, 0.25) is 0 Å². The van der Waals surface area contributed by atoms with Crippen LogP contribution < -0.4 is 0 Å². The molecule has 2 rings (SSSR count). The van der Waals surface area contributed by atoms with Gasteiger partial charge in [0, 0.05) is 22.5 Å². The second kappa shape index (κ2) is 3.53. The maximum atomic E-state index is 4.62. The molecule has 15 heavy (non-hydrogen) atoms. The Balaban J connectivity index is 2.73. The molecule has 0 fully saturated rings. The van der Waals surface area contributed by atoms with Gasteiger partial charge in [0.2, 0.25) is 0 Å². The van der Waals surface area contributed by atoms with Crippen LogP contribution >= 0.6 is 12.6 Å². The Morgan fingerprint density at radius 3 is 2.60 bits per heavy atom. The third kappa shape index (κ3) is 2.00. The van der Waals surface area contributed by atoms with Crippen molar-refractivity contribution in [2.24, 2.45) is 0 Å². The average Bonchev–Trinajstić information content (AvgIpc) is 2.15. The van der Waals surface area contributed by atoms with Crippen LogP contribution in [0.25, 0.3) is 10.8 Å². The maximum absolute atomic E-state index is 4.62. The van der Waals surface area contributed by atoms with E-state index < -0.39 is 0 Å². The van der Waals surface area contributed by atoms with E-state index in [4.69, 9.17) is 0 Å². The first-order valence-corrected chi connectivity index (χ1v) is 5.50. The van der Waals surface area contributed by atoms with E-state index in [9.17, 15) is 0 Å². The second-order valence-electron chi connectivity index (χ2n) is 4.45. The van der Waals surface area contributed by atoms with Crippen molar-refractivity contribution >= 4 is 23.4 Å². The highest BCUT2D eigenvalue weighted by atomic mass is 32.1. The number of hydrogen-bond acceptors (Lipinski definition) is 2. The smallest absolute Gasteiger partial charge is 0.0346 e. The summed E-state index contributed by atoms with van der Waals surface area (Å²) < 4.78 is -0.0957. The molecule has 1 nitrogen and oxygen atoms in total. The first-order valence-electron chi connectivity index (χ1n) is 5.06. The van der Waals surface area contributed by atoms with Gasteiger partial charge >= 0.3 is 0 Å². The van der Waals surface area contributed by atoms with Gasteiger partial charge in [0.15, 0.2) is 0 Å². The molecule has 0 aliphatic rings. The fourth-order valence-electron chi connectivity index (χ4n) is 1.91. The number of fused-ring (bicyclic) bond motifs is 1. The number of aromatic nitrogens is 1. The summed E-state index contributed by atoms with van der Waals surface area (Å²) >= 11 is 4.62. The molecule has 0 atom stereocenters. The third-order valence-electron chi connectivity index (χ3n) is 2.64. The lowest BCUT2D eigenvalue weighted by atomic mass is 9.94. The minimum absolute atomic E-state index is 0.0957. The van der Waals surface area contributed by atoms with E-state index >= 15 is 0 Å². The summed E-state index contributed by atoms with van der Waals surface area (Å²) in [7, 11) is 0. The Morgan fingerprint density at radius 1 is 1.20 bits per heavy atom. The Hall–Kier alpha value is -1.02. The van der Waals surface area contributed by atoms with Crippen molar-refractivity contribution < 1.29 is 0 Å². The minimum Gasteiger partial charge on any atom is -0.264 e. The molecule has 0 unspecified atom stereocenters. The largest absolute Gasteiger partial charge is 0.264 e. The number of hydrogen-bond donors (Lipinski definition) is 1. The lowest BCUT2D eigenvalue weighted by Gasteiger charge is -2.21. The highest BCUT2D eigenvalue weighted by Gasteiger charge is 2.17. The number of rotatable bonds is 1. The SMILES string of the molecule is Cc1cc2cnccc2cc1C(C)(C)S. The fourth-order valence-corrected chi connectivity index (χ4v) is 2.15. The quantitative estimate of drug-likeness (QED) is 0.718. The molecule has 0 saturated heterocycles. The molecule has 0 spiro atoms. The van der Waals surface area contributed by atoms with Gasteiger partial charge < -0.3 is 0 Å². The highest BCUT2D eigenvalue weighted by Crippen LogP contribution is 2.32. The predicted molar refractivity (Wildman–Crippen MR) is 68.5 cm³/mol. The number of aryl methyl sites for hydroxylation is 1. The molecule has 0 N–H and O–H groups in total. The van der Waals surface area contributed by atoms with Crippen LogP contribution in [0.5, 0.6) is 0 Å². The number of pyridine rings is 1. The number of thiol groups is 1. The van der Waals surface area contributed by atoms with Crippen LogP contribution in [0.1, 0.15) is 25.0 Å². The van der Waals surface area contributed by atoms with Gasteiger partial charge in [-0.3, -0.25) is 4.98 Å². The van der Waals surface area contributed by atoms with Gasteiger partial charge in [-0.05, 0) is 55.5 Å². The van der Waals surface area contributed by atoms with E-state index in [0.29, 0.717) is 0 Å². The van der Waals surface area contributed by atoms with Crippen LogP contribution in [-0.4, -0.2) is 4.98 Å². The summed E-state index contributed by atoms with van der Waals surface area (Å²) in [6, 6.07) is 6.42. The molecule has 78 valence electrons. The van der Waals surface area contributed by atoms with Crippen molar-refractivity contribution in [1.82, 2.24) is 4.98 Å². The van der Waals surface area contributed by atoms with Crippen molar-refractivity contribution in [3.8, 4) is 0 Å².